The second kappa shape index (κ2) is 6.03. The summed E-state index contributed by atoms with van der Waals surface area (Å²) in [5, 5.41) is 5.56. The van der Waals surface area contributed by atoms with Gasteiger partial charge >= 0.3 is 0 Å². The molecule has 0 spiro atoms. The Labute approximate surface area is 101 Å². The standard InChI is InChI=1S/C13H18N2O2/c1-4-12(16)14-10-7-6-9(3)11(8-10)15-13(17)5-2/h6-8H,4-5H2,1-3H3,(H,14,16)(H,15,17). The first-order valence-corrected chi connectivity index (χ1v) is 5.77. The predicted octanol–water partition coefficient (Wildman–Crippen LogP) is 2.69. The van der Waals surface area contributed by atoms with Crippen molar-refractivity contribution in [2.24, 2.45) is 0 Å². The summed E-state index contributed by atoms with van der Waals surface area (Å²) < 4.78 is 0. The van der Waals surface area contributed by atoms with Crippen molar-refractivity contribution in [3.8, 4) is 0 Å². The smallest absolute Gasteiger partial charge is 0.224 e. The summed E-state index contributed by atoms with van der Waals surface area (Å²) in [5.74, 6) is -0.0753. The number of hydrogen-bond acceptors (Lipinski definition) is 2. The van der Waals surface area contributed by atoms with Crippen molar-refractivity contribution in [2.45, 2.75) is 33.6 Å². The van der Waals surface area contributed by atoms with Gasteiger partial charge in [0.2, 0.25) is 11.8 Å². The van der Waals surface area contributed by atoms with Crippen molar-refractivity contribution in [2.75, 3.05) is 10.6 Å². The summed E-state index contributed by atoms with van der Waals surface area (Å²) >= 11 is 0. The lowest BCUT2D eigenvalue weighted by Gasteiger charge is -2.10. The van der Waals surface area contributed by atoms with Crippen molar-refractivity contribution in [3.63, 3.8) is 0 Å². The Morgan fingerprint density at radius 2 is 1.65 bits per heavy atom. The molecule has 17 heavy (non-hydrogen) atoms. The Bertz CT molecular complexity index is 427. The van der Waals surface area contributed by atoms with E-state index in [1.165, 1.54) is 0 Å². The molecule has 0 aliphatic heterocycles. The molecule has 0 unspecified atom stereocenters. The number of amides is 2. The van der Waals surface area contributed by atoms with E-state index in [0.29, 0.717) is 18.5 Å². The van der Waals surface area contributed by atoms with E-state index < -0.39 is 0 Å². The zero-order chi connectivity index (χ0) is 12.8. The van der Waals surface area contributed by atoms with Gasteiger partial charge in [-0.1, -0.05) is 19.9 Å². The lowest BCUT2D eigenvalue weighted by Crippen LogP contribution is -2.12. The highest BCUT2D eigenvalue weighted by atomic mass is 16.2. The van der Waals surface area contributed by atoms with Crippen LogP contribution < -0.4 is 10.6 Å². The van der Waals surface area contributed by atoms with Crippen molar-refractivity contribution in [1.82, 2.24) is 0 Å². The molecule has 2 N–H and O–H groups in total. The molecule has 0 aliphatic carbocycles. The molecule has 1 rings (SSSR count). The molecule has 4 nitrogen and oxygen atoms in total. The maximum Gasteiger partial charge on any atom is 0.224 e. The summed E-state index contributed by atoms with van der Waals surface area (Å²) in [5.41, 5.74) is 2.42. The molecule has 0 heterocycles. The number of aryl methyl sites for hydroxylation is 1. The topological polar surface area (TPSA) is 58.2 Å². The number of benzene rings is 1. The lowest BCUT2D eigenvalue weighted by molar-refractivity contribution is -0.116. The fourth-order valence-corrected chi connectivity index (χ4v) is 1.32. The molecule has 0 saturated carbocycles. The first-order valence-electron chi connectivity index (χ1n) is 5.77. The summed E-state index contributed by atoms with van der Waals surface area (Å²) in [6.45, 7) is 5.51. The molecule has 0 bridgehead atoms. The number of carbonyl (C=O) groups excluding carboxylic acids is 2. The molecule has 0 radical (unpaired) electrons. The predicted molar refractivity (Wildman–Crippen MR) is 69.0 cm³/mol. The van der Waals surface area contributed by atoms with Crippen molar-refractivity contribution >= 4 is 23.2 Å². The van der Waals surface area contributed by atoms with Crippen LogP contribution in [-0.2, 0) is 9.59 Å². The summed E-state index contributed by atoms with van der Waals surface area (Å²) in [6.07, 6.45) is 0.871. The van der Waals surface area contributed by atoms with Gasteiger partial charge in [0.15, 0.2) is 0 Å². The van der Waals surface area contributed by atoms with E-state index in [2.05, 4.69) is 10.6 Å². The van der Waals surface area contributed by atoms with Gasteiger partial charge < -0.3 is 10.6 Å². The largest absolute Gasteiger partial charge is 0.326 e. The normalized spacial score (nSPS) is 9.82. The molecular formula is C13H18N2O2. The molecule has 0 fully saturated rings. The first-order chi connectivity index (χ1) is 8.06. The lowest BCUT2D eigenvalue weighted by atomic mass is 10.1. The van der Waals surface area contributed by atoms with Gasteiger partial charge in [-0.15, -0.1) is 0 Å². The van der Waals surface area contributed by atoms with E-state index in [9.17, 15) is 9.59 Å². The van der Waals surface area contributed by atoms with E-state index >= 15 is 0 Å². The Morgan fingerprint density at radius 1 is 1.06 bits per heavy atom. The minimum atomic E-state index is -0.0402. The number of hydrogen-bond donors (Lipinski definition) is 2. The SMILES string of the molecule is CCC(=O)Nc1ccc(C)c(NC(=O)CC)c1. The van der Waals surface area contributed by atoms with Crippen LogP contribution in [0.1, 0.15) is 32.3 Å². The van der Waals surface area contributed by atoms with Crippen LogP contribution in [0.3, 0.4) is 0 Å². The fourth-order valence-electron chi connectivity index (χ4n) is 1.32. The van der Waals surface area contributed by atoms with Crippen LogP contribution in [0.15, 0.2) is 18.2 Å². The number of anilines is 2. The maximum atomic E-state index is 11.3. The number of rotatable bonds is 4. The Balaban J connectivity index is 2.86. The highest BCUT2D eigenvalue weighted by Gasteiger charge is 2.05. The van der Waals surface area contributed by atoms with Crippen LogP contribution >= 0.6 is 0 Å². The first kappa shape index (κ1) is 13.2. The number of nitrogens with one attached hydrogen (secondary N) is 2. The average molecular weight is 234 g/mol. The average Bonchev–Trinajstić information content (AvgIpc) is 2.33. The maximum absolute atomic E-state index is 11.3. The van der Waals surface area contributed by atoms with Crippen LogP contribution in [0.5, 0.6) is 0 Å². The zero-order valence-corrected chi connectivity index (χ0v) is 10.5. The number of carbonyl (C=O) groups is 2. The van der Waals surface area contributed by atoms with Crippen LogP contribution in [0, 0.1) is 6.92 Å². The summed E-state index contributed by atoms with van der Waals surface area (Å²) in [4.78, 5) is 22.6. The van der Waals surface area contributed by atoms with Crippen LogP contribution in [0.4, 0.5) is 11.4 Å². The van der Waals surface area contributed by atoms with Gasteiger partial charge in [-0.25, -0.2) is 0 Å². The van der Waals surface area contributed by atoms with E-state index in [1.807, 2.05) is 19.1 Å². The van der Waals surface area contributed by atoms with Crippen molar-refractivity contribution in [3.05, 3.63) is 23.8 Å². The van der Waals surface area contributed by atoms with E-state index in [4.69, 9.17) is 0 Å². The Kier molecular flexibility index (Phi) is 4.69. The van der Waals surface area contributed by atoms with Gasteiger partial charge in [0.05, 0.1) is 0 Å². The zero-order valence-electron chi connectivity index (χ0n) is 10.5. The molecule has 0 atom stereocenters. The fraction of sp³-hybridized carbons (Fsp3) is 0.385. The monoisotopic (exact) mass is 234 g/mol. The van der Waals surface area contributed by atoms with E-state index in [-0.39, 0.29) is 11.8 Å². The highest BCUT2D eigenvalue weighted by Crippen LogP contribution is 2.20. The van der Waals surface area contributed by atoms with Gasteiger partial charge in [0.1, 0.15) is 0 Å². The minimum Gasteiger partial charge on any atom is -0.326 e. The third-order valence-corrected chi connectivity index (χ3v) is 2.44. The van der Waals surface area contributed by atoms with Crippen LogP contribution in [0.2, 0.25) is 0 Å². The van der Waals surface area contributed by atoms with Gasteiger partial charge in [0, 0.05) is 24.2 Å². The Hall–Kier alpha value is -1.84. The van der Waals surface area contributed by atoms with Crippen molar-refractivity contribution in [1.29, 1.82) is 0 Å². The van der Waals surface area contributed by atoms with Crippen LogP contribution in [-0.4, -0.2) is 11.8 Å². The second-order valence-corrected chi connectivity index (χ2v) is 3.83. The molecule has 0 aromatic heterocycles. The molecule has 2 amide bonds. The highest BCUT2D eigenvalue weighted by molar-refractivity contribution is 5.94. The molecular weight excluding hydrogens is 216 g/mol. The van der Waals surface area contributed by atoms with E-state index in [1.54, 1.807) is 19.9 Å². The Morgan fingerprint density at radius 3 is 2.24 bits per heavy atom. The minimum absolute atomic E-state index is 0.0351. The summed E-state index contributed by atoms with van der Waals surface area (Å²) in [7, 11) is 0. The molecule has 4 heteroatoms. The molecule has 0 aliphatic rings. The third-order valence-electron chi connectivity index (χ3n) is 2.44. The third kappa shape index (κ3) is 3.90. The summed E-state index contributed by atoms with van der Waals surface area (Å²) in [6, 6.07) is 5.47. The molecule has 1 aromatic rings. The van der Waals surface area contributed by atoms with Gasteiger partial charge in [-0.3, -0.25) is 9.59 Å². The van der Waals surface area contributed by atoms with Crippen LogP contribution in [0.25, 0.3) is 0 Å². The van der Waals surface area contributed by atoms with Crippen molar-refractivity contribution < 1.29 is 9.59 Å². The second-order valence-electron chi connectivity index (χ2n) is 3.83. The molecule has 1 aromatic carbocycles. The van der Waals surface area contributed by atoms with E-state index in [0.717, 1.165) is 11.3 Å². The van der Waals surface area contributed by atoms with Gasteiger partial charge in [-0.05, 0) is 24.6 Å². The molecule has 0 saturated heterocycles. The van der Waals surface area contributed by atoms with Gasteiger partial charge in [0.25, 0.3) is 0 Å². The quantitative estimate of drug-likeness (QED) is 0.841. The van der Waals surface area contributed by atoms with Gasteiger partial charge in [-0.2, -0.15) is 0 Å². The molecule has 92 valence electrons.